The SMILES string of the molecule is CCCn1cc(SCc2cccc(F)c2)c2ccccc21. The van der Waals surface area contributed by atoms with Gasteiger partial charge in [-0.05, 0) is 30.2 Å². The molecule has 3 heteroatoms. The molecular weight excluding hydrogens is 281 g/mol. The highest BCUT2D eigenvalue weighted by molar-refractivity contribution is 7.98. The van der Waals surface area contributed by atoms with Gasteiger partial charge < -0.3 is 4.57 Å². The Morgan fingerprint density at radius 3 is 2.76 bits per heavy atom. The van der Waals surface area contributed by atoms with Crippen molar-refractivity contribution in [3.63, 3.8) is 0 Å². The van der Waals surface area contributed by atoms with E-state index in [0.29, 0.717) is 0 Å². The van der Waals surface area contributed by atoms with Crippen molar-refractivity contribution in [3.8, 4) is 0 Å². The summed E-state index contributed by atoms with van der Waals surface area (Å²) in [6.45, 7) is 3.22. The quantitative estimate of drug-likeness (QED) is 0.564. The average molecular weight is 299 g/mol. The second-order valence-corrected chi connectivity index (χ2v) is 6.14. The van der Waals surface area contributed by atoms with Crippen molar-refractivity contribution in [1.82, 2.24) is 4.57 Å². The number of para-hydroxylation sites is 1. The molecule has 0 aliphatic heterocycles. The summed E-state index contributed by atoms with van der Waals surface area (Å²) in [6, 6.07) is 15.3. The highest BCUT2D eigenvalue weighted by Gasteiger charge is 2.08. The fraction of sp³-hybridized carbons (Fsp3) is 0.222. The molecule has 0 bridgehead atoms. The second kappa shape index (κ2) is 6.35. The van der Waals surface area contributed by atoms with E-state index in [0.717, 1.165) is 24.3 Å². The van der Waals surface area contributed by atoms with Crippen molar-refractivity contribution in [2.45, 2.75) is 30.5 Å². The number of hydrogen-bond donors (Lipinski definition) is 0. The van der Waals surface area contributed by atoms with Crippen LogP contribution in [0.15, 0.2) is 59.6 Å². The van der Waals surface area contributed by atoms with Gasteiger partial charge in [-0.15, -0.1) is 11.8 Å². The van der Waals surface area contributed by atoms with E-state index in [1.807, 2.05) is 6.07 Å². The number of thioether (sulfide) groups is 1. The third-order valence-corrected chi connectivity index (χ3v) is 4.61. The molecule has 3 aromatic rings. The first-order valence-corrected chi connectivity index (χ1v) is 8.21. The number of aromatic nitrogens is 1. The summed E-state index contributed by atoms with van der Waals surface area (Å²) in [5, 5.41) is 1.28. The molecule has 3 rings (SSSR count). The van der Waals surface area contributed by atoms with E-state index < -0.39 is 0 Å². The fourth-order valence-corrected chi connectivity index (χ4v) is 3.57. The van der Waals surface area contributed by atoms with Crippen molar-refractivity contribution in [2.24, 2.45) is 0 Å². The van der Waals surface area contributed by atoms with Crippen LogP contribution in [0.25, 0.3) is 10.9 Å². The lowest BCUT2D eigenvalue weighted by Crippen LogP contribution is -1.93. The third-order valence-electron chi connectivity index (χ3n) is 3.50. The Balaban J connectivity index is 1.86. The van der Waals surface area contributed by atoms with E-state index in [9.17, 15) is 4.39 Å². The molecule has 0 radical (unpaired) electrons. The van der Waals surface area contributed by atoms with Gasteiger partial charge in [-0.25, -0.2) is 4.39 Å². The van der Waals surface area contributed by atoms with Crippen LogP contribution in [0.3, 0.4) is 0 Å². The largest absolute Gasteiger partial charge is 0.346 e. The Labute approximate surface area is 128 Å². The number of fused-ring (bicyclic) bond motifs is 1. The van der Waals surface area contributed by atoms with Crippen molar-refractivity contribution in [2.75, 3.05) is 0 Å². The number of halogens is 1. The van der Waals surface area contributed by atoms with E-state index in [1.165, 1.54) is 21.9 Å². The van der Waals surface area contributed by atoms with Gasteiger partial charge >= 0.3 is 0 Å². The summed E-state index contributed by atoms with van der Waals surface area (Å²) in [6.07, 6.45) is 3.34. The lowest BCUT2D eigenvalue weighted by molar-refractivity contribution is 0.626. The maximum absolute atomic E-state index is 13.2. The van der Waals surface area contributed by atoms with E-state index in [4.69, 9.17) is 0 Å². The van der Waals surface area contributed by atoms with Crippen LogP contribution in [0.1, 0.15) is 18.9 Å². The number of rotatable bonds is 5. The maximum atomic E-state index is 13.2. The molecule has 0 spiro atoms. The second-order valence-electron chi connectivity index (χ2n) is 5.12. The molecule has 108 valence electrons. The van der Waals surface area contributed by atoms with Crippen LogP contribution >= 0.6 is 11.8 Å². The third kappa shape index (κ3) is 3.13. The molecule has 0 N–H and O–H groups in total. The fourth-order valence-electron chi connectivity index (χ4n) is 2.54. The first kappa shape index (κ1) is 14.2. The molecule has 0 saturated carbocycles. The molecule has 1 aromatic heterocycles. The molecule has 0 aliphatic rings. The zero-order valence-corrected chi connectivity index (χ0v) is 12.9. The first-order chi connectivity index (χ1) is 10.3. The summed E-state index contributed by atoms with van der Waals surface area (Å²) in [4.78, 5) is 1.27. The minimum Gasteiger partial charge on any atom is -0.346 e. The van der Waals surface area contributed by atoms with E-state index >= 15 is 0 Å². The minimum absolute atomic E-state index is 0.165. The highest BCUT2D eigenvalue weighted by Crippen LogP contribution is 2.32. The molecular formula is C18H18FNS. The number of aryl methyl sites for hydroxylation is 1. The maximum Gasteiger partial charge on any atom is 0.123 e. The predicted octanol–water partition coefficient (Wildman–Crippen LogP) is 5.48. The van der Waals surface area contributed by atoms with Crippen LogP contribution in [0.5, 0.6) is 0 Å². The van der Waals surface area contributed by atoms with Gasteiger partial charge in [0.05, 0.1) is 0 Å². The van der Waals surface area contributed by atoms with Crippen molar-refractivity contribution in [3.05, 3.63) is 66.1 Å². The number of nitrogens with zero attached hydrogens (tertiary/aromatic N) is 1. The molecule has 0 aliphatic carbocycles. The van der Waals surface area contributed by atoms with Crippen LogP contribution in [0.2, 0.25) is 0 Å². The van der Waals surface area contributed by atoms with Gasteiger partial charge in [-0.2, -0.15) is 0 Å². The summed E-state index contributed by atoms with van der Waals surface area (Å²) in [5.41, 5.74) is 2.30. The summed E-state index contributed by atoms with van der Waals surface area (Å²) in [7, 11) is 0. The normalized spacial score (nSPS) is 11.1. The first-order valence-electron chi connectivity index (χ1n) is 7.23. The van der Waals surface area contributed by atoms with Crippen LogP contribution in [0, 0.1) is 5.82 Å². The Morgan fingerprint density at radius 1 is 1.10 bits per heavy atom. The van der Waals surface area contributed by atoms with Gasteiger partial charge in [-0.1, -0.05) is 37.3 Å². The van der Waals surface area contributed by atoms with Gasteiger partial charge in [0.25, 0.3) is 0 Å². The molecule has 0 unspecified atom stereocenters. The Morgan fingerprint density at radius 2 is 1.95 bits per heavy atom. The van der Waals surface area contributed by atoms with Crippen LogP contribution in [-0.2, 0) is 12.3 Å². The molecule has 0 atom stereocenters. The molecule has 2 aromatic carbocycles. The van der Waals surface area contributed by atoms with Gasteiger partial charge in [0.2, 0.25) is 0 Å². The molecule has 0 saturated heterocycles. The average Bonchev–Trinajstić information content (AvgIpc) is 2.84. The molecule has 1 heterocycles. The Kier molecular flexibility index (Phi) is 4.30. The van der Waals surface area contributed by atoms with E-state index in [2.05, 4.69) is 42.0 Å². The summed E-state index contributed by atoms with van der Waals surface area (Å²) in [5.74, 6) is 0.624. The Hall–Kier alpha value is -1.74. The van der Waals surface area contributed by atoms with Gasteiger partial charge in [0.1, 0.15) is 5.82 Å². The van der Waals surface area contributed by atoms with Gasteiger partial charge in [-0.3, -0.25) is 0 Å². The van der Waals surface area contributed by atoms with Crippen LogP contribution in [-0.4, -0.2) is 4.57 Å². The summed E-state index contributed by atoms with van der Waals surface area (Å²) >= 11 is 1.77. The van der Waals surface area contributed by atoms with Crippen LogP contribution < -0.4 is 0 Å². The minimum atomic E-state index is -0.165. The van der Waals surface area contributed by atoms with Crippen molar-refractivity contribution in [1.29, 1.82) is 0 Å². The highest BCUT2D eigenvalue weighted by atomic mass is 32.2. The molecule has 21 heavy (non-hydrogen) atoms. The van der Waals surface area contributed by atoms with Gasteiger partial charge in [0, 0.05) is 34.3 Å². The predicted molar refractivity (Wildman–Crippen MR) is 88.2 cm³/mol. The zero-order valence-electron chi connectivity index (χ0n) is 12.1. The lowest BCUT2D eigenvalue weighted by Gasteiger charge is -2.01. The summed E-state index contributed by atoms with van der Waals surface area (Å²) < 4.78 is 15.5. The van der Waals surface area contributed by atoms with Crippen molar-refractivity contribution < 1.29 is 4.39 Å². The van der Waals surface area contributed by atoms with Crippen molar-refractivity contribution >= 4 is 22.7 Å². The zero-order chi connectivity index (χ0) is 14.7. The lowest BCUT2D eigenvalue weighted by atomic mass is 10.2. The van der Waals surface area contributed by atoms with E-state index in [1.54, 1.807) is 23.9 Å². The number of benzene rings is 2. The number of hydrogen-bond acceptors (Lipinski definition) is 1. The molecule has 0 fully saturated rings. The standard InChI is InChI=1S/C18H18FNS/c1-2-10-20-12-18(16-8-3-4-9-17(16)20)21-13-14-6-5-7-15(19)11-14/h3-9,11-12H,2,10,13H2,1H3. The molecule has 1 nitrogen and oxygen atoms in total. The van der Waals surface area contributed by atoms with Crippen LogP contribution in [0.4, 0.5) is 4.39 Å². The smallest absolute Gasteiger partial charge is 0.123 e. The monoisotopic (exact) mass is 299 g/mol. The van der Waals surface area contributed by atoms with E-state index in [-0.39, 0.29) is 5.82 Å². The topological polar surface area (TPSA) is 4.93 Å². The van der Waals surface area contributed by atoms with Gasteiger partial charge in [0.15, 0.2) is 0 Å². The Bertz CT molecular complexity index is 748. The molecule has 0 amide bonds.